The van der Waals surface area contributed by atoms with Crippen LogP contribution in [0.3, 0.4) is 0 Å². The average Bonchev–Trinajstić information content (AvgIpc) is 3.30. The Morgan fingerprint density at radius 3 is 1.26 bits per heavy atom. The molecule has 0 spiro atoms. The van der Waals surface area contributed by atoms with E-state index in [0.717, 1.165) is 83.5 Å². The highest BCUT2D eigenvalue weighted by Crippen LogP contribution is 2.19. The van der Waals surface area contributed by atoms with Gasteiger partial charge in [0.1, 0.15) is 6.10 Å². The van der Waals surface area contributed by atoms with Crippen LogP contribution in [0, 0.1) is 0 Å². The number of hydrogen-bond donors (Lipinski definition) is 3. The summed E-state index contributed by atoms with van der Waals surface area (Å²) in [6.07, 6.45) is 63.5. The molecule has 0 fully saturated rings. The summed E-state index contributed by atoms with van der Waals surface area (Å²) in [5.74, 6) is -0.480. The summed E-state index contributed by atoms with van der Waals surface area (Å²) in [7, 11) is 0. The fraction of sp³-hybridized carbons (Fsp3) is 0.864. The molecule has 0 aromatic rings. The van der Waals surface area contributed by atoms with Crippen LogP contribution < -0.4 is 5.32 Å². The Morgan fingerprint density at radius 2 is 0.831 bits per heavy atom. The number of esters is 1. The van der Waals surface area contributed by atoms with Crippen LogP contribution in [0.5, 0.6) is 0 Å². The van der Waals surface area contributed by atoms with Gasteiger partial charge in [0.2, 0.25) is 5.91 Å². The number of carbonyl (C=O) groups excluding carboxylic acids is 2. The third-order valence-corrected chi connectivity index (χ3v) is 13.2. The Bertz CT molecular complexity index is 1070. The first-order valence-corrected chi connectivity index (χ1v) is 28.7. The van der Waals surface area contributed by atoms with Gasteiger partial charge < -0.3 is 20.3 Å². The maximum absolute atomic E-state index is 13.3. The molecule has 382 valence electrons. The van der Waals surface area contributed by atoms with E-state index in [1.165, 1.54) is 173 Å². The van der Waals surface area contributed by atoms with Crippen molar-refractivity contribution in [2.75, 3.05) is 6.61 Å². The van der Waals surface area contributed by atoms with Crippen LogP contribution in [0.4, 0.5) is 0 Å². The number of nitrogens with one attached hydrogen (secondary N) is 1. The zero-order chi connectivity index (χ0) is 47.4. The number of carbonyl (C=O) groups is 2. The molecule has 0 aromatic heterocycles. The van der Waals surface area contributed by atoms with Gasteiger partial charge in [0.15, 0.2) is 0 Å². The van der Waals surface area contributed by atoms with Crippen molar-refractivity contribution in [3.8, 4) is 0 Å². The number of rotatable bonds is 52. The minimum Gasteiger partial charge on any atom is -0.462 e. The van der Waals surface area contributed by atoms with Gasteiger partial charge in [-0.3, -0.25) is 9.59 Å². The highest BCUT2D eigenvalue weighted by atomic mass is 16.5. The molecule has 3 unspecified atom stereocenters. The zero-order valence-electron chi connectivity index (χ0n) is 43.6. The van der Waals surface area contributed by atoms with E-state index in [0.29, 0.717) is 19.3 Å². The predicted molar refractivity (Wildman–Crippen MR) is 282 cm³/mol. The van der Waals surface area contributed by atoms with Gasteiger partial charge in [-0.1, -0.05) is 269 Å². The second-order valence-electron chi connectivity index (χ2n) is 19.7. The van der Waals surface area contributed by atoms with Gasteiger partial charge in [-0.2, -0.15) is 0 Å². The molecular weight excluding hydrogens is 803 g/mol. The normalized spacial score (nSPS) is 13.4. The molecule has 1 amide bonds. The molecule has 0 rings (SSSR count). The number of amides is 1. The molecular formula is C59H111NO5. The van der Waals surface area contributed by atoms with Crippen molar-refractivity contribution < 1.29 is 24.5 Å². The molecule has 6 nitrogen and oxygen atoms in total. The first kappa shape index (κ1) is 63.1. The summed E-state index contributed by atoms with van der Waals surface area (Å²) < 4.78 is 5.95. The molecule has 0 aliphatic rings. The SMILES string of the molecule is CC/C=C/C/C=C/C/C=C/CCCCCCC(CC(=O)NC(CO)C(O)CCCCCCCCCCCCCCCCCC)OC(=O)CCCCCCCCCCCCCCCCCC. The summed E-state index contributed by atoms with van der Waals surface area (Å²) in [4.78, 5) is 26.3. The lowest BCUT2D eigenvalue weighted by atomic mass is 10.0. The fourth-order valence-corrected chi connectivity index (χ4v) is 8.92. The van der Waals surface area contributed by atoms with Gasteiger partial charge in [-0.15, -0.1) is 0 Å². The summed E-state index contributed by atoms with van der Waals surface area (Å²) in [5, 5.41) is 23.9. The van der Waals surface area contributed by atoms with Crippen molar-refractivity contribution in [1.82, 2.24) is 5.32 Å². The Balaban J connectivity index is 4.52. The Labute approximate surface area is 404 Å². The molecule has 0 aromatic carbocycles. The van der Waals surface area contributed by atoms with Gasteiger partial charge in [0.25, 0.3) is 0 Å². The summed E-state index contributed by atoms with van der Waals surface area (Å²) >= 11 is 0. The van der Waals surface area contributed by atoms with E-state index in [2.05, 4.69) is 62.5 Å². The number of aliphatic hydroxyl groups excluding tert-OH is 2. The maximum atomic E-state index is 13.3. The number of unbranched alkanes of at least 4 members (excludes halogenated alkanes) is 34. The van der Waals surface area contributed by atoms with Gasteiger partial charge in [-0.05, 0) is 57.8 Å². The third-order valence-electron chi connectivity index (χ3n) is 13.2. The van der Waals surface area contributed by atoms with Crippen LogP contribution >= 0.6 is 0 Å². The first-order chi connectivity index (χ1) is 32.0. The van der Waals surface area contributed by atoms with E-state index in [4.69, 9.17) is 4.74 Å². The highest BCUT2D eigenvalue weighted by Gasteiger charge is 2.24. The average molecular weight is 915 g/mol. The zero-order valence-corrected chi connectivity index (χ0v) is 43.6. The number of hydrogen-bond acceptors (Lipinski definition) is 5. The molecule has 0 heterocycles. The lowest BCUT2D eigenvalue weighted by Gasteiger charge is -2.24. The summed E-state index contributed by atoms with van der Waals surface area (Å²) in [6, 6.07) is -0.707. The predicted octanol–water partition coefficient (Wildman–Crippen LogP) is 17.6. The van der Waals surface area contributed by atoms with E-state index in [9.17, 15) is 19.8 Å². The van der Waals surface area contributed by atoms with Crippen molar-refractivity contribution >= 4 is 11.9 Å². The topological polar surface area (TPSA) is 95.9 Å². The highest BCUT2D eigenvalue weighted by molar-refractivity contribution is 5.77. The largest absolute Gasteiger partial charge is 0.462 e. The number of allylic oxidation sites excluding steroid dienone is 6. The van der Waals surface area contributed by atoms with Gasteiger partial charge in [0.05, 0.1) is 25.2 Å². The van der Waals surface area contributed by atoms with Crippen LogP contribution in [-0.4, -0.2) is 46.9 Å². The molecule has 6 heteroatoms. The van der Waals surface area contributed by atoms with Crippen molar-refractivity contribution in [3.05, 3.63) is 36.5 Å². The molecule has 0 aliphatic heterocycles. The lowest BCUT2D eigenvalue weighted by molar-refractivity contribution is -0.151. The molecule has 0 bridgehead atoms. The Kier molecular flexibility index (Phi) is 51.5. The lowest BCUT2D eigenvalue weighted by Crippen LogP contribution is -2.46. The monoisotopic (exact) mass is 914 g/mol. The minimum absolute atomic E-state index is 0.0669. The van der Waals surface area contributed by atoms with E-state index in [1.807, 2.05) is 0 Å². The minimum atomic E-state index is -0.792. The van der Waals surface area contributed by atoms with Crippen molar-refractivity contribution in [3.63, 3.8) is 0 Å². The van der Waals surface area contributed by atoms with Crippen LogP contribution in [0.1, 0.15) is 303 Å². The number of aliphatic hydroxyl groups is 2. The van der Waals surface area contributed by atoms with E-state index < -0.39 is 18.2 Å². The van der Waals surface area contributed by atoms with Crippen LogP contribution in [0.25, 0.3) is 0 Å². The molecule has 65 heavy (non-hydrogen) atoms. The fourth-order valence-electron chi connectivity index (χ4n) is 8.92. The first-order valence-electron chi connectivity index (χ1n) is 28.7. The third kappa shape index (κ3) is 48.3. The molecule has 3 N–H and O–H groups in total. The van der Waals surface area contributed by atoms with Gasteiger partial charge in [0, 0.05) is 6.42 Å². The van der Waals surface area contributed by atoms with E-state index >= 15 is 0 Å². The standard InChI is InChI=1S/C59H111NO5/c1-4-7-10-13-16-19-22-25-28-30-33-36-39-42-45-48-51-57(62)56(54-61)60-58(63)53-55(50-47-44-41-38-35-32-27-24-21-18-15-12-9-6-3)65-59(64)52-49-46-43-40-37-34-31-29-26-23-20-17-14-11-8-5-2/h9,12,18,21,27,32,55-57,61-62H,4-8,10-11,13-17,19-20,22-26,28-31,33-54H2,1-3H3,(H,60,63)/b12-9+,21-18+,32-27+. The van der Waals surface area contributed by atoms with Crippen LogP contribution in [-0.2, 0) is 14.3 Å². The Hall–Kier alpha value is -1.92. The van der Waals surface area contributed by atoms with Crippen molar-refractivity contribution in [2.45, 2.75) is 322 Å². The second kappa shape index (κ2) is 53.0. The van der Waals surface area contributed by atoms with Crippen molar-refractivity contribution in [2.24, 2.45) is 0 Å². The smallest absolute Gasteiger partial charge is 0.306 e. The van der Waals surface area contributed by atoms with Crippen LogP contribution in [0.2, 0.25) is 0 Å². The van der Waals surface area contributed by atoms with Gasteiger partial charge >= 0.3 is 5.97 Å². The molecule has 0 aliphatic carbocycles. The van der Waals surface area contributed by atoms with E-state index in [-0.39, 0.29) is 24.9 Å². The van der Waals surface area contributed by atoms with Gasteiger partial charge in [-0.25, -0.2) is 0 Å². The van der Waals surface area contributed by atoms with E-state index in [1.54, 1.807) is 0 Å². The summed E-state index contributed by atoms with van der Waals surface area (Å²) in [5.41, 5.74) is 0. The summed E-state index contributed by atoms with van der Waals surface area (Å²) in [6.45, 7) is 6.40. The molecule has 0 saturated carbocycles. The molecule has 0 saturated heterocycles. The molecule has 0 radical (unpaired) electrons. The number of ether oxygens (including phenoxy) is 1. The van der Waals surface area contributed by atoms with Crippen molar-refractivity contribution in [1.29, 1.82) is 0 Å². The Morgan fingerprint density at radius 1 is 0.462 bits per heavy atom. The molecule has 3 atom stereocenters. The second-order valence-corrected chi connectivity index (χ2v) is 19.7. The quantitative estimate of drug-likeness (QED) is 0.0321. The van der Waals surface area contributed by atoms with Crippen LogP contribution in [0.15, 0.2) is 36.5 Å². The maximum Gasteiger partial charge on any atom is 0.306 e.